The fourth-order valence-corrected chi connectivity index (χ4v) is 1.77. The van der Waals surface area contributed by atoms with Crippen LogP contribution in [0.5, 0.6) is 5.75 Å². The second-order valence-electron chi connectivity index (χ2n) is 6.14. The van der Waals surface area contributed by atoms with Crippen LogP contribution in [0.25, 0.3) is 0 Å². The van der Waals surface area contributed by atoms with Gasteiger partial charge in [-0.25, -0.2) is 0 Å². The first-order chi connectivity index (χ1) is 9.11. The zero-order chi connectivity index (χ0) is 15.5. The number of nitrogens with two attached hydrogens (primary N) is 1. The molecule has 0 aliphatic heterocycles. The van der Waals surface area contributed by atoms with Crippen LogP contribution in [0.4, 0.5) is 5.69 Å². The molecular weight excluding hydrogens is 276 g/mol. The first kappa shape index (κ1) is 16.8. The molecule has 1 unspecified atom stereocenters. The Morgan fingerprint density at radius 3 is 2.40 bits per heavy atom. The maximum atomic E-state index is 12.0. The molecule has 1 rings (SSSR count). The molecule has 0 aliphatic rings. The number of benzene rings is 1. The van der Waals surface area contributed by atoms with E-state index in [4.69, 9.17) is 22.1 Å². The van der Waals surface area contributed by atoms with Crippen molar-refractivity contribution in [3.05, 3.63) is 23.2 Å². The van der Waals surface area contributed by atoms with Crippen LogP contribution in [-0.2, 0) is 4.79 Å². The fraction of sp³-hybridized carbons (Fsp3) is 0.533. The Morgan fingerprint density at radius 1 is 1.35 bits per heavy atom. The van der Waals surface area contributed by atoms with Crippen molar-refractivity contribution in [3.63, 3.8) is 0 Å². The van der Waals surface area contributed by atoms with E-state index < -0.39 is 6.04 Å². The van der Waals surface area contributed by atoms with Crippen LogP contribution in [0.2, 0.25) is 5.02 Å². The molecule has 5 heteroatoms. The average molecular weight is 299 g/mol. The first-order valence-electron chi connectivity index (χ1n) is 6.64. The molecule has 0 bridgehead atoms. The van der Waals surface area contributed by atoms with Gasteiger partial charge in [0, 0.05) is 5.69 Å². The Hall–Kier alpha value is -1.26. The normalized spacial score (nSPS) is 13.2. The number of ether oxygens (including phenoxy) is 1. The van der Waals surface area contributed by atoms with Gasteiger partial charge in [0.15, 0.2) is 0 Å². The minimum atomic E-state index is -0.590. The molecule has 0 fully saturated rings. The van der Waals surface area contributed by atoms with E-state index in [-0.39, 0.29) is 17.4 Å². The number of halogens is 1. The number of nitrogens with one attached hydrogen (secondary N) is 1. The van der Waals surface area contributed by atoms with Crippen LogP contribution in [-0.4, -0.2) is 18.1 Å². The number of carbonyl (C=O) groups is 1. The van der Waals surface area contributed by atoms with Gasteiger partial charge in [0.2, 0.25) is 5.91 Å². The number of amides is 1. The zero-order valence-corrected chi connectivity index (χ0v) is 13.4. The third kappa shape index (κ3) is 4.69. The smallest absolute Gasteiger partial charge is 0.241 e. The molecule has 1 atom stereocenters. The lowest BCUT2D eigenvalue weighted by atomic mass is 9.87. The molecule has 0 aliphatic carbocycles. The molecule has 0 spiro atoms. The van der Waals surface area contributed by atoms with Crippen molar-refractivity contribution in [2.75, 3.05) is 5.32 Å². The van der Waals surface area contributed by atoms with Gasteiger partial charge in [-0.05, 0) is 37.5 Å². The molecule has 1 aromatic rings. The van der Waals surface area contributed by atoms with Crippen molar-refractivity contribution in [2.45, 2.75) is 46.8 Å². The highest BCUT2D eigenvalue weighted by Gasteiger charge is 2.27. The van der Waals surface area contributed by atoms with E-state index in [1.807, 2.05) is 34.6 Å². The average Bonchev–Trinajstić information content (AvgIpc) is 2.30. The topological polar surface area (TPSA) is 64.3 Å². The van der Waals surface area contributed by atoms with Gasteiger partial charge in [0.05, 0.1) is 17.2 Å². The molecule has 112 valence electrons. The van der Waals surface area contributed by atoms with Crippen LogP contribution in [0.3, 0.4) is 0 Å². The van der Waals surface area contributed by atoms with Gasteiger partial charge in [0.1, 0.15) is 5.75 Å². The van der Waals surface area contributed by atoms with Gasteiger partial charge in [0.25, 0.3) is 0 Å². The molecule has 1 aromatic carbocycles. The third-order valence-electron chi connectivity index (χ3n) is 2.78. The largest absolute Gasteiger partial charge is 0.489 e. The van der Waals surface area contributed by atoms with Crippen LogP contribution in [0.1, 0.15) is 34.6 Å². The highest BCUT2D eigenvalue weighted by atomic mass is 35.5. The molecule has 0 radical (unpaired) electrons. The molecule has 0 saturated carbocycles. The summed E-state index contributed by atoms with van der Waals surface area (Å²) in [4.78, 5) is 12.0. The highest BCUT2D eigenvalue weighted by molar-refractivity contribution is 6.32. The molecule has 1 amide bonds. The maximum absolute atomic E-state index is 12.0. The molecule has 3 N–H and O–H groups in total. The zero-order valence-electron chi connectivity index (χ0n) is 12.7. The third-order valence-corrected chi connectivity index (χ3v) is 3.07. The summed E-state index contributed by atoms with van der Waals surface area (Å²) >= 11 is 6.12. The van der Waals surface area contributed by atoms with Crippen molar-refractivity contribution >= 4 is 23.2 Å². The maximum Gasteiger partial charge on any atom is 0.241 e. The molecule has 0 aromatic heterocycles. The number of rotatable bonds is 4. The Morgan fingerprint density at radius 2 is 1.95 bits per heavy atom. The molecule has 0 heterocycles. The van der Waals surface area contributed by atoms with Gasteiger partial charge in [-0.1, -0.05) is 32.4 Å². The van der Waals surface area contributed by atoms with Gasteiger partial charge in [-0.2, -0.15) is 0 Å². The summed E-state index contributed by atoms with van der Waals surface area (Å²) in [6, 6.07) is 4.55. The molecule has 4 nitrogen and oxygen atoms in total. The van der Waals surface area contributed by atoms with E-state index in [1.165, 1.54) is 0 Å². The molecule has 0 saturated heterocycles. The summed E-state index contributed by atoms with van der Waals surface area (Å²) in [6.07, 6.45) is 0.0438. The second-order valence-corrected chi connectivity index (χ2v) is 6.55. The molecule has 20 heavy (non-hydrogen) atoms. The highest BCUT2D eigenvalue weighted by Crippen LogP contribution is 2.29. The minimum absolute atomic E-state index is 0.0438. The lowest BCUT2D eigenvalue weighted by Gasteiger charge is -2.25. The predicted molar refractivity (Wildman–Crippen MR) is 83.3 cm³/mol. The van der Waals surface area contributed by atoms with Crippen molar-refractivity contribution < 1.29 is 9.53 Å². The first-order valence-corrected chi connectivity index (χ1v) is 7.01. The van der Waals surface area contributed by atoms with Crippen LogP contribution in [0.15, 0.2) is 18.2 Å². The van der Waals surface area contributed by atoms with Crippen LogP contribution >= 0.6 is 11.6 Å². The quantitative estimate of drug-likeness (QED) is 0.895. The standard InChI is InChI=1S/C15H23ClN2O2/c1-9(2)20-12-7-6-10(8-11(12)16)18-14(19)13(17)15(3,4)5/h6-9,13H,17H2,1-5H3,(H,18,19). The summed E-state index contributed by atoms with van der Waals surface area (Å²) in [5.41, 5.74) is 6.22. The SMILES string of the molecule is CC(C)Oc1ccc(NC(=O)C(N)C(C)(C)C)cc1Cl. The van der Waals surface area contributed by atoms with E-state index in [0.29, 0.717) is 16.5 Å². The Kier molecular flexibility index (Phi) is 5.42. The van der Waals surface area contributed by atoms with E-state index in [0.717, 1.165) is 0 Å². The molecular formula is C15H23ClN2O2. The van der Waals surface area contributed by atoms with Crippen molar-refractivity contribution in [3.8, 4) is 5.75 Å². The van der Waals surface area contributed by atoms with E-state index in [1.54, 1.807) is 18.2 Å². The second kappa shape index (κ2) is 6.46. The van der Waals surface area contributed by atoms with Crippen LogP contribution in [0, 0.1) is 5.41 Å². The van der Waals surface area contributed by atoms with Gasteiger partial charge >= 0.3 is 0 Å². The van der Waals surface area contributed by atoms with Gasteiger partial charge < -0.3 is 15.8 Å². The monoisotopic (exact) mass is 298 g/mol. The Labute approximate surface area is 125 Å². The van der Waals surface area contributed by atoms with E-state index in [9.17, 15) is 4.79 Å². The van der Waals surface area contributed by atoms with Crippen molar-refractivity contribution in [2.24, 2.45) is 11.1 Å². The number of anilines is 1. The van der Waals surface area contributed by atoms with E-state index >= 15 is 0 Å². The fourth-order valence-electron chi connectivity index (χ4n) is 1.54. The Balaban J connectivity index is 2.80. The lowest BCUT2D eigenvalue weighted by Crippen LogP contribution is -2.45. The summed E-state index contributed by atoms with van der Waals surface area (Å²) < 4.78 is 5.54. The number of hydrogen-bond acceptors (Lipinski definition) is 3. The van der Waals surface area contributed by atoms with Crippen molar-refractivity contribution in [1.29, 1.82) is 0 Å². The lowest BCUT2D eigenvalue weighted by molar-refractivity contribution is -0.119. The summed E-state index contributed by atoms with van der Waals surface area (Å²) in [5, 5.41) is 3.22. The van der Waals surface area contributed by atoms with Crippen LogP contribution < -0.4 is 15.8 Å². The van der Waals surface area contributed by atoms with Crippen molar-refractivity contribution in [1.82, 2.24) is 0 Å². The van der Waals surface area contributed by atoms with Gasteiger partial charge in [-0.3, -0.25) is 4.79 Å². The number of hydrogen-bond donors (Lipinski definition) is 2. The summed E-state index contributed by atoms with van der Waals surface area (Å²) in [5.74, 6) is 0.367. The minimum Gasteiger partial charge on any atom is -0.489 e. The Bertz CT molecular complexity index is 481. The van der Waals surface area contributed by atoms with E-state index in [2.05, 4.69) is 5.32 Å². The summed E-state index contributed by atoms with van der Waals surface area (Å²) in [7, 11) is 0. The summed E-state index contributed by atoms with van der Waals surface area (Å²) in [6.45, 7) is 9.61. The number of carbonyl (C=O) groups excluding carboxylic acids is 1. The predicted octanol–water partition coefficient (Wildman–Crippen LogP) is 3.44. The van der Waals surface area contributed by atoms with Gasteiger partial charge in [-0.15, -0.1) is 0 Å².